The molecule has 1 aromatic rings. The number of aromatic nitrogens is 1. The van der Waals surface area contributed by atoms with Crippen LogP contribution in [0.4, 0.5) is 18.9 Å². The molecule has 2 saturated heterocycles. The second-order valence-electron chi connectivity index (χ2n) is 4.23. The van der Waals surface area contributed by atoms with Crippen molar-refractivity contribution in [3.8, 4) is 0 Å². The topological polar surface area (TPSA) is 19.1 Å². The minimum absolute atomic E-state index is 0.145. The van der Waals surface area contributed by atoms with Crippen molar-refractivity contribution in [2.24, 2.45) is 5.92 Å². The van der Waals surface area contributed by atoms with Crippen LogP contribution in [0.15, 0.2) is 16.7 Å². The van der Waals surface area contributed by atoms with Crippen LogP contribution in [0.5, 0.6) is 0 Å². The van der Waals surface area contributed by atoms with E-state index in [0.717, 1.165) is 0 Å². The molecule has 1 aromatic heterocycles. The van der Waals surface area contributed by atoms with Crippen molar-refractivity contribution >= 4 is 21.6 Å². The lowest BCUT2D eigenvalue weighted by Crippen LogP contribution is -2.30. The summed E-state index contributed by atoms with van der Waals surface area (Å²) in [6.45, 7) is 0.721. The number of hydrogen-bond acceptors (Lipinski definition) is 3. The summed E-state index contributed by atoms with van der Waals surface area (Å²) >= 11 is 3.20. The third-order valence-electron chi connectivity index (χ3n) is 3.20. The second kappa shape index (κ2) is 3.84. The summed E-state index contributed by atoms with van der Waals surface area (Å²) in [4.78, 5) is 3.58. The maximum absolute atomic E-state index is 13.6. The monoisotopic (exact) mass is 307 g/mol. The molecule has 0 amide bonds. The van der Waals surface area contributed by atoms with Crippen LogP contribution in [0, 0.1) is 11.9 Å². The Morgan fingerprint density at radius 3 is 2.82 bits per heavy atom. The van der Waals surface area contributed by atoms with E-state index in [1.165, 1.54) is 6.20 Å². The van der Waals surface area contributed by atoms with Crippen LogP contribution in [0.1, 0.15) is 0 Å². The molecule has 0 bridgehead atoms. The molecule has 2 aliphatic heterocycles. The van der Waals surface area contributed by atoms with Crippen LogP contribution < -0.4 is 5.01 Å². The number of hydrogen-bond donors (Lipinski definition) is 0. The summed E-state index contributed by atoms with van der Waals surface area (Å²) in [5.74, 6) is -1.33. The molecule has 92 valence electrons. The van der Waals surface area contributed by atoms with E-state index in [1.807, 2.05) is 0 Å². The summed E-state index contributed by atoms with van der Waals surface area (Å²) in [5.41, 5.74) is 0.255. The molecular weight excluding hydrogens is 299 g/mol. The molecule has 3 atom stereocenters. The first-order valence-corrected chi connectivity index (χ1v) is 6.00. The van der Waals surface area contributed by atoms with Crippen molar-refractivity contribution in [1.29, 1.82) is 0 Å². The van der Waals surface area contributed by atoms with Gasteiger partial charge in [0.25, 0.3) is 0 Å². The van der Waals surface area contributed by atoms with Crippen LogP contribution >= 0.6 is 15.9 Å². The van der Waals surface area contributed by atoms with Crippen molar-refractivity contribution in [2.45, 2.75) is 12.5 Å². The largest absolute Gasteiger partial charge is 0.300 e. The van der Waals surface area contributed by atoms with Crippen LogP contribution in [-0.4, -0.2) is 35.5 Å². The van der Waals surface area contributed by atoms with Gasteiger partial charge in [0.05, 0.1) is 12.0 Å². The van der Waals surface area contributed by atoms with E-state index < -0.39 is 18.3 Å². The van der Waals surface area contributed by atoms with Gasteiger partial charge in [-0.15, -0.1) is 0 Å². The summed E-state index contributed by atoms with van der Waals surface area (Å²) < 4.78 is 39.6. The highest BCUT2D eigenvalue weighted by molar-refractivity contribution is 9.10. The SMILES string of the molecule is Fc1ncc(Br)cc1N1CC(C(F)F)C2CN21. The van der Waals surface area contributed by atoms with Crippen LogP contribution in [0.25, 0.3) is 0 Å². The maximum atomic E-state index is 13.6. The van der Waals surface area contributed by atoms with Gasteiger partial charge >= 0.3 is 0 Å². The van der Waals surface area contributed by atoms with Gasteiger partial charge in [-0.2, -0.15) is 4.39 Å². The van der Waals surface area contributed by atoms with Crippen molar-refractivity contribution in [2.75, 3.05) is 18.1 Å². The zero-order valence-corrected chi connectivity index (χ0v) is 10.2. The van der Waals surface area contributed by atoms with Gasteiger partial charge in [0.2, 0.25) is 12.4 Å². The Balaban J connectivity index is 1.89. The molecular formula is C10H9BrF3N3. The molecule has 2 fully saturated rings. The molecule has 0 spiro atoms. The first-order valence-electron chi connectivity index (χ1n) is 5.21. The van der Waals surface area contributed by atoms with Gasteiger partial charge in [-0.25, -0.2) is 18.8 Å². The van der Waals surface area contributed by atoms with Crippen molar-refractivity contribution < 1.29 is 13.2 Å². The van der Waals surface area contributed by atoms with E-state index in [4.69, 9.17) is 0 Å². The molecule has 7 heteroatoms. The molecule has 0 radical (unpaired) electrons. The van der Waals surface area contributed by atoms with Gasteiger partial charge in [0.15, 0.2) is 0 Å². The van der Waals surface area contributed by atoms with Gasteiger partial charge in [-0.05, 0) is 22.0 Å². The van der Waals surface area contributed by atoms with E-state index in [2.05, 4.69) is 20.9 Å². The predicted octanol–water partition coefficient (Wildman–Crippen LogP) is 2.28. The molecule has 17 heavy (non-hydrogen) atoms. The summed E-state index contributed by atoms with van der Waals surface area (Å²) in [6.07, 6.45) is -1.02. The standard InChI is InChI=1S/C10H9BrF3N3/c11-5-1-7(10(14)15-2-5)16-3-6(9(12)13)8-4-17(8)16/h1-2,6,8-9H,3-4H2. The first kappa shape index (κ1) is 11.3. The lowest BCUT2D eigenvalue weighted by Gasteiger charge is -2.22. The number of halogens is 4. The molecule has 3 unspecified atom stereocenters. The lowest BCUT2D eigenvalue weighted by molar-refractivity contribution is 0.0869. The molecule has 3 nitrogen and oxygen atoms in total. The Morgan fingerprint density at radius 1 is 1.41 bits per heavy atom. The first-order chi connectivity index (χ1) is 8.08. The number of pyridine rings is 1. The van der Waals surface area contributed by atoms with Crippen LogP contribution in [0.2, 0.25) is 0 Å². The smallest absolute Gasteiger partial charge is 0.244 e. The number of anilines is 1. The van der Waals surface area contributed by atoms with Gasteiger partial charge < -0.3 is 5.01 Å². The van der Waals surface area contributed by atoms with Gasteiger partial charge in [-0.1, -0.05) is 0 Å². The van der Waals surface area contributed by atoms with E-state index in [-0.39, 0.29) is 18.3 Å². The molecule has 0 aromatic carbocycles. The Morgan fingerprint density at radius 2 is 2.18 bits per heavy atom. The summed E-state index contributed by atoms with van der Waals surface area (Å²) in [7, 11) is 0. The summed E-state index contributed by atoms with van der Waals surface area (Å²) in [6, 6.07) is 1.42. The highest BCUT2D eigenvalue weighted by atomic mass is 79.9. The fraction of sp³-hybridized carbons (Fsp3) is 0.500. The highest BCUT2D eigenvalue weighted by Gasteiger charge is 2.55. The van der Waals surface area contributed by atoms with Crippen LogP contribution in [-0.2, 0) is 0 Å². The van der Waals surface area contributed by atoms with Gasteiger partial charge in [0.1, 0.15) is 5.69 Å². The highest BCUT2D eigenvalue weighted by Crippen LogP contribution is 2.42. The number of fused-ring (bicyclic) bond motifs is 1. The van der Waals surface area contributed by atoms with Crippen molar-refractivity contribution in [3.63, 3.8) is 0 Å². The minimum Gasteiger partial charge on any atom is -0.300 e. The van der Waals surface area contributed by atoms with E-state index in [9.17, 15) is 13.2 Å². The Bertz CT molecular complexity index is 456. The fourth-order valence-electron chi connectivity index (χ4n) is 2.28. The molecule has 0 aliphatic carbocycles. The summed E-state index contributed by atoms with van der Waals surface area (Å²) in [5, 5.41) is 3.32. The number of rotatable bonds is 2. The van der Waals surface area contributed by atoms with Gasteiger partial charge in [0, 0.05) is 23.8 Å². The fourth-order valence-corrected chi connectivity index (χ4v) is 2.60. The molecule has 0 N–H and O–H groups in total. The Kier molecular flexibility index (Phi) is 2.55. The molecule has 0 saturated carbocycles. The minimum atomic E-state index is -2.36. The van der Waals surface area contributed by atoms with E-state index in [1.54, 1.807) is 16.1 Å². The van der Waals surface area contributed by atoms with E-state index in [0.29, 0.717) is 11.0 Å². The normalized spacial score (nSPS) is 30.9. The third kappa shape index (κ3) is 1.81. The van der Waals surface area contributed by atoms with Gasteiger partial charge in [-0.3, -0.25) is 0 Å². The number of alkyl halides is 2. The molecule has 3 heterocycles. The Hall–Kier alpha value is -0.820. The average molecular weight is 308 g/mol. The third-order valence-corrected chi connectivity index (χ3v) is 3.63. The maximum Gasteiger partial charge on any atom is 0.244 e. The molecule has 3 rings (SSSR count). The Labute approximate surface area is 104 Å². The van der Waals surface area contributed by atoms with Crippen molar-refractivity contribution in [3.05, 3.63) is 22.7 Å². The van der Waals surface area contributed by atoms with Crippen LogP contribution in [0.3, 0.4) is 0 Å². The number of hydrazine groups is 1. The zero-order valence-electron chi connectivity index (χ0n) is 8.65. The average Bonchev–Trinajstić information content (AvgIpc) is 2.97. The van der Waals surface area contributed by atoms with Crippen molar-refractivity contribution in [1.82, 2.24) is 9.99 Å². The number of nitrogens with zero attached hydrogens (tertiary/aromatic N) is 3. The molecule has 2 aliphatic rings. The second-order valence-corrected chi connectivity index (χ2v) is 5.15. The zero-order chi connectivity index (χ0) is 12.2. The van der Waals surface area contributed by atoms with E-state index >= 15 is 0 Å². The lowest BCUT2D eigenvalue weighted by atomic mass is 10.1. The predicted molar refractivity (Wildman–Crippen MR) is 59.2 cm³/mol. The quantitative estimate of drug-likeness (QED) is 0.617.